The minimum Gasteiger partial charge on any atom is -0.497 e. The Morgan fingerprint density at radius 3 is 2.37 bits per heavy atom. The molecule has 2 aromatic rings. The van der Waals surface area contributed by atoms with E-state index in [4.69, 9.17) is 9.47 Å². The summed E-state index contributed by atoms with van der Waals surface area (Å²) in [5.74, 6) is 0.510. The maximum atomic E-state index is 13.2. The third kappa shape index (κ3) is 4.36. The maximum Gasteiger partial charge on any atom is 0.340 e. The Hall–Kier alpha value is -2.80. The van der Waals surface area contributed by atoms with Crippen LogP contribution >= 0.6 is 0 Å². The molecular formula is C23H32N3O4+. The molecule has 1 aliphatic heterocycles. The fourth-order valence-electron chi connectivity index (χ4n) is 4.19. The predicted molar refractivity (Wildman–Crippen MR) is 116 cm³/mol. The summed E-state index contributed by atoms with van der Waals surface area (Å²) >= 11 is 0. The van der Waals surface area contributed by atoms with Gasteiger partial charge in [0, 0.05) is 11.4 Å². The van der Waals surface area contributed by atoms with Gasteiger partial charge in [-0.2, -0.15) is 0 Å². The summed E-state index contributed by atoms with van der Waals surface area (Å²) in [6.45, 7) is 11.2. The Morgan fingerprint density at radius 1 is 1.17 bits per heavy atom. The van der Waals surface area contributed by atoms with Gasteiger partial charge < -0.3 is 24.3 Å². The largest absolute Gasteiger partial charge is 0.497 e. The summed E-state index contributed by atoms with van der Waals surface area (Å²) in [6.07, 6.45) is 0. The molecule has 1 aliphatic rings. The van der Waals surface area contributed by atoms with Crippen molar-refractivity contribution in [3.8, 4) is 5.75 Å². The zero-order valence-electron chi connectivity index (χ0n) is 18.5. The van der Waals surface area contributed by atoms with Crippen LogP contribution in [0.2, 0.25) is 0 Å². The van der Waals surface area contributed by atoms with Gasteiger partial charge in [0.15, 0.2) is 6.04 Å². The van der Waals surface area contributed by atoms with E-state index in [-0.39, 0.29) is 17.8 Å². The second-order valence-corrected chi connectivity index (χ2v) is 7.77. The van der Waals surface area contributed by atoms with Crippen LogP contribution in [0.15, 0.2) is 24.3 Å². The number of quaternary nitrogens is 1. The monoisotopic (exact) mass is 414 g/mol. The summed E-state index contributed by atoms with van der Waals surface area (Å²) in [5, 5.41) is 0. The third-order valence-corrected chi connectivity index (χ3v) is 6.01. The second kappa shape index (κ2) is 9.34. The number of ether oxygens (including phenoxy) is 2. The summed E-state index contributed by atoms with van der Waals surface area (Å²) < 4.78 is 10.4. The zero-order valence-corrected chi connectivity index (χ0v) is 18.5. The quantitative estimate of drug-likeness (QED) is 0.534. The normalized spacial score (nSPS) is 15.7. The molecule has 1 saturated heterocycles. The molecule has 1 atom stereocenters. The van der Waals surface area contributed by atoms with Gasteiger partial charge >= 0.3 is 5.97 Å². The molecule has 0 spiro atoms. The van der Waals surface area contributed by atoms with E-state index in [1.807, 2.05) is 26.0 Å². The number of nitrogens with zero attached hydrogens (tertiary/aromatic N) is 1. The van der Waals surface area contributed by atoms with E-state index in [1.54, 1.807) is 21.0 Å². The lowest BCUT2D eigenvalue weighted by Crippen LogP contribution is -3.18. The highest BCUT2D eigenvalue weighted by atomic mass is 16.5. The summed E-state index contributed by atoms with van der Waals surface area (Å²) in [7, 11) is 1.67. The number of anilines is 1. The van der Waals surface area contributed by atoms with Gasteiger partial charge in [0.05, 0.1) is 51.2 Å². The van der Waals surface area contributed by atoms with Crippen LogP contribution in [0.5, 0.6) is 5.75 Å². The number of H-pyrrole nitrogens is 1. The minimum absolute atomic E-state index is 0.0408. The van der Waals surface area contributed by atoms with Gasteiger partial charge in [-0.1, -0.05) is 0 Å². The van der Waals surface area contributed by atoms with Gasteiger partial charge in [0.1, 0.15) is 5.75 Å². The minimum atomic E-state index is -0.379. The van der Waals surface area contributed by atoms with Gasteiger partial charge in [0.2, 0.25) is 5.78 Å². The molecule has 0 aliphatic carbocycles. The third-order valence-electron chi connectivity index (χ3n) is 6.01. The lowest BCUT2D eigenvalue weighted by Gasteiger charge is -2.36. The number of esters is 1. The molecule has 0 unspecified atom stereocenters. The number of benzene rings is 1. The van der Waals surface area contributed by atoms with E-state index in [0.29, 0.717) is 29.1 Å². The Bertz CT molecular complexity index is 896. The number of hydrogen-bond acceptors (Lipinski definition) is 5. The highest BCUT2D eigenvalue weighted by Gasteiger charge is 2.33. The van der Waals surface area contributed by atoms with Crippen LogP contribution in [0.4, 0.5) is 5.69 Å². The van der Waals surface area contributed by atoms with Crippen LogP contribution in [-0.2, 0) is 4.74 Å². The predicted octanol–water partition coefficient (Wildman–Crippen LogP) is 1.79. The van der Waals surface area contributed by atoms with E-state index in [2.05, 4.69) is 22.0 Å². The molecule has 0 radical (unpaired) electrons. The van der Waals surface area contributed by atoms with E-state index >= 15 is 0 Å². The number of carbonyl (C=O) groups excluding carboxylic acids is 2. The number of Topliss-reactive ketones (excluding diaryl/α,β-unsaturated/α-hetero) is 1. The highest BCUT2D eigenvalue weighted by molar-refractivity contribution is 6.03. The number of rotatable bonds is 7. The lowest BCUT2D eigenvalue weighted by molar-refractivity contribution is -0.914. The Labute approximate surface area is 178 Å². The van der Waals surface area contributed by atoms with Gasteiger partial charge in [-0.15, -0.1) is 0 Å². The molecule has 0 amide bonds. The molecule has 7 heteroatoms. The number of carbonyl (C=O) groups is 2. The topological polar surface area (TPSA) is 76.1 Å². The first kappa shape index (κ1) is 21.9. The number of aryl methyl sites for hydroxylation is 1. The average molecular weight is 415 g/mol. The average Bonchev–Trinajstić information content (AvgIpc) is 3.07. The van der Waals surface area contributed by atoms with Gasteiger partial charge in [-0.3, -0.25) is 4.79 Å². The Balaban J connectivity index is 1.66. The summed E-state index contributed by atoms with van der Waals surface area (Å²) in [5.41, 5.74) is 3.53. The summed E-state index contributed by atoms with van der Waals surface area (Å²) in [6, 6.07) is 7.90. The second-order valence-electron chi connectivity index (χ2n) is 7.77. The molecule has 2 N–H and O–H groups in total. The smallest absolute Gasteiger partial charge is 0.340 e. The number of methoxy groups -OCH3 is 1. The molecule has 1 aromatic carbocycles. The first-order chi connectivity index (χ1) is 14.4. The van der Waals surface area contributed by atoms with Gasteiger partial charge in [-0.05, 0) is 57.5 Å². The molecule has 1 fully saturated rings. The number of aromatic nitrogens is 1. The molecule has 30 heavy (non-hydrogen) atoms. The van der Waals surface area contributed by atoms with E-state index < -0.39 is 0 Å². The van der Waals surface area contributed by atoms with Crippen LogP contribution in [0.25, 0.3) is 0 Å². The fraction of sp³-hybridized carbons (Fsp3) is 0.478. The van der Waals surface area contributed by atoms with Crippen molar-refractivity contribution < 1.29 is 24.0 Å². The number of piperazine rings is 1. The van der Waals surface area contributed by atoms with Gasteiger partial charge in [0.25, 0.3) is 0 Å². The van der Waals surface area contributed by atoms with Crippen molar-refractivity contribution in [2.24, 2.45) is 0 Å². The van der Waals surface area contributed by atoms with Crippen molar-refractivity contribution in [2.75, 3.05) is 44.8 Å². The summed E-state index contributed by atoms with van der Waals surface area (Å²) in [4.78, 5) is 32.2. The van der Waals surface area contributed by atoms with E-state index in [1.165, 1.54) is 10.6 Å². The van der Waals surface area contributed by atoms with Crippen LogP contribution in [0.1, 0.15) is 46.0 Å². The Morgan fingerprint density at radius 2 is 1.80 bits per heavy atom. The molecule has 1 aromatic heterocycles. The van der Waals surface area contributed by atoms with E-state index in [9.17, 15) is 9.59 Å². The Kier molecular flexibility index (Phi) is 6.82. The number of hydrogen-bond donors (Lipinski definition) is 2. The van der Waals surface area contributed by atoms with Crippen LogP contribution in [0.3, 0.4) is 0 Å². The molecule has 2 heterocycles. The standard InChI is InChI=1S/C23H31N3O4/c1-6-30-23(28)20-15(2)21(24-16(20)3)22(27)17(4)25-11-13-26(14-12-25)18-7-9-19(29-5)10-8-18/h7-10,17,24H,6,11-14H2,1-5H3/p+1/t17-/m0/s1. The van der Waals surface area contributed by atoms with Crippen molar-refractivity contribution >= 4 is 17.4 Å². The van der Waals surface area contributed by atoms with Crippen molar-refractivity contribution in [1.82, 2.24) is 4.98 Å². The lowest BCUT2D eigenvalue weighted by atomic mass is 10.0. The molecular weight excluding hydrogens is 382 g/mol. The maximum absolute atomic E-state index is 13.2. The fourth-order valence-corrected chi connectivity index (χ4v) is 4.19. The van der Waals surface area contributed by atoms with Crippen molar-refractivity contribution in [2.45, 2.75) is 33.7 Å². The molecule has 7 nitrogen and oxygen atoms in total. The van der Waals surface area contributed by atoms with Gasteiger partial charge in [-0.25, -0.2) is 4.79 Å². The van der Waals surface area contributed by atoms with Crippen molar-refractivity contribution in [3.05, 3.63) is 46.8 Å². The molecule has 0 bridgehead atoms. The van der Waals surface area contributed by atoms with Crippen molar-refractivity contribution in [1.29, 1.82) is 0 Å². The molecule has 3 rings (SSSR count). The number of aromatic amines is 1. The first-order valence-corrected chi connectivity index (χ1v) is 10.5. The SMILES string of the molecule is CCOC(=O)c1c(C)[nH]c(C(=O)[C@H](C)[NH+]2CCN(c3ccc(OC)cc3)CC2)c1C. The van der Waals surface area contributed by atoms with Crippen LogP contribution in [0, 0.1) is 13.8 Å². The molecule has 0 saturated carbocycles. The molecule has 162 valence electrons. The van der Waals surface area contributed by atoms with Crippen LogP contribution in [-0.4, -0.2) is 62.7 Å². The number of nitrogens with one attached hydrogen (secondary N) is 2. The van der Waals surface area contributed by atoms with Crippen LogP contribution < -0.4 is 14.5 Å². The van der Waals surface area contributed by atoms with Crippen molar-refractivity contribution in [3.63, 3.8) is 0 Å². The highest BCUT2D eigenvalue weighted by Crippen LogP contribution is 2.21. The van der Waals surface area contributed by atoms with E-state index in [0.717, 1.165) is 31.9 Å². The number of ketones is 1. The first-order valence-electron chi connectivity index (χ1n) is 10.5. The zero-order chi connectivity index (χ0) is 21.8.